The van der Waals surface area contributed by atoms with Gasteiger partial charge in [0.25, 0.3) is 5.91 Å². The summed E-state index contributed by atoms with van der Waals surface area (Å²) < 4.78 is 21.7. The lowest BCUT2D eigenvalue weighted by molar-refractivity contribution is -0.113. The van der Waals surface area contributed by atoms with E-state index in [1.54, 1.807) is 24.3 Å². The van der Waals surface area contributed by atoms with E-state index in [0.29, 0.717) is 11.4 Å². The molecule has 0 aliphatic heterocycles. The van der Waals surface area contributed by atoms with Gasteiger partial charge in [0.1, 0.15) is 0 Å². The first-order valence-corrected chi connectivity index (χ1v) is 6.92. The first-order chi connectivity index (χ1) is 9.63. The molecule has 0 aliphatic rings. The van der Waals surface area contributed by atoms with Crippen LogP contribution in [-0.4, -0.2) is 14.7 Å². The molecule has 5 heteroatoms. The Morgan fingerprint density at radius 3 is 2.10 bits per heavy atom. The van der Waals surface area contributed by atoms with E-state index in [0.717, 1.165) is 0 Å². The van der Waals surface area contributed by atoms with Crippen molar-refractivity contribution in [3.8, 4) is 0 Å². The first kappa shape index (κ1) is 14.2. The molecule has 0 bridgehead atoms. The molecule has 4 nitrogen and oxygen atoms in total. The van der Waals surface area contributed by atoms with Crippen molar-refractivity contribution in [2.75, 3.05) is 4.90 Å². The molecule has 0 saturated heterocycles. The Labute approximate surface area is 119 Å². The Balaban J connectivity index is 2.44. The predicted octanol–water partition coefficient (Wildman–Crippen LogP) is 2.78. The Morgan fingerprint density at radius 1 is 1.05 bits per heavy atom. The van der Waals surface area contributed by atoms with E-state index in [4.69, 9.17) is 0 Å². The molecule has 2 rings (SSSR count). The van der Waals surface area contributed by atoms with Gasteiger partial charge in [-0.3, -0.25) is 13.9 Å². The van der Waals surface area contributed by atoms with Crippen molar-refractivity contribution in [2.24, 2.45) is 0 Å². The molecule has 2 aromatic rings. The van der Waals surface area contributed by atoms with Crippen LogP contribution in [0.4, 0.5) is 11.4 Å². The highest BCUT2D eigenvalue weighted by Gasteiger charge is 2.14. The third-order valence-corrected chi connectivity index (χ3v) is 3.35. The standard InChI is InChI=1S/C15H13NO3S/c1-2-15(17)16(12-6-4-3-5-7-12)13-8-10-14(11-9-13)20(18)19/h2-11H,1H2,(H,18,19)/p-1. The van der Waals surface area contributed by atoms with Crippen LogP contribution >= 0.6 is 0 Å². The first-order valence-electron chi connectivity index (χ1n) is 5.84. The SMILES string of the molecule is C=CC(=O)N(c1ccccc1)c1ccc(S(=O)[O-])cc1. The summed E-state index contributed by atoms with van der Waals surface area (Å²) in [5.74, 6) is -0.285. The third-order valence-electron chi connectivity index (χ3n) is 2.70. The molecule has 0 heterocycles. The summed E-state index contributed by atoms with van der Waals surface area (Å²) in [5, 5.41) is 0. The highest BCUT2D eigenvalue weighted by atomic mass is 32.2. The Bertz CT molecular complexity index is 638. The smallest absolute Gasteiger partial charge is 0.254 e. The second kappa shape index (κ2) is 6.27. The molecule has 1 atom stereocenters. The normalized spacial score (nSPS) is 11.7. The zero-order valence-corrected chi connectivity index (χ0v) is 11.4. The molecule has 0 aromatic heterocycles. The molecular weight excluding hydrogens is 274 g/mol. The van der Waals surface area contributed by atoms with Gasteiger partial charge in [0.05, 0.1) is 0 Å². The zero-order valence-electron chi connectivity index (χ0n) is 10.6. The van der Waals surface area contributed by atoms with Crippen LogP contribution in [0.15, 0.2) is 72.1 Å². The number of carbonyl (C=O) groups is 1. The van der Waals surface area contributed by atoms with Gasteiger partial charge in [0, 0.05) is 16.3 Å². The fourth-order valence-corrected chi connectivity index (χ4v) is 2.14. The molecule has 0 N–H and O–H groups in total. The van der Waals surface area contributed by atoms with Crippen LogP contribution in [0.5, 0.6) is 0 Å². The van der Waals surface area contributed by atoms with Crippen molar-refractivity contribution < 1.29 is 13.6 Å². The van der Waals surface area contributed by atoms with Crippen molar-refractivity contribution in [1.29, 1.82) is 0 Å². The summed E-state index contributed by atoms with van der Waals surface area (Å²) in [4.78, 5) is 13.7. The number of hydrogen-bond donors (Lipinski definition) is 0. The fraction of sp³-hybridized carbons (Fsp3) is 0. The maximum Gasteiger partial charge on any atom is 0.254 e. The topological polar surface area (TPSA) is 60.4 Å². The molecule has 0 spiro atoms. The van der Waals surface area contributed by atoms with Crippen molar-refractivity contribution in [3.63, 3.8) is 0 Å². The molecule has 2 aromatic carbocycles. The number of anilines is 2. The molecule has 0 saturated carbocycles. The quantitative estimate of drug-likeness (QED) is 0.641. The molecule has 20 heavy (non-hydrogen) atoms. The van der Waals surface area contributed by atoms with Crippen LogP contribution in [0, 0.1) is 0 Å². The van der Waals surface area contributed by atoms with Gasteiger partial charge >= 0.3 is 0 Å². The second-order valence-corrected chi connectivity index (χ2v) is 4.88. The maximum atomic E-state index is 12.0. The van der Waals surface area contributed by atoms with Crippen LogP contribution in [0.2, 0.25) is 0 Å². The minimum atomic E-state index is -2.28. The van der Waals surface area contributed by atoms with Gasteiger partial charge in [-0.15, -0.1) is 0 Å². The zero-order chi connectivity index (χ0) is 14.5. The summed E-state index contributed by atoms with van der Waals surface area (Å²) in [6, 6.07) is 15.1. The lowest BCUT2D eigenvalue weighted by atomic mass is 10.2. The molecule has 102 valence electrons. The van der Waals surface area contributed by atoms with Crippen molar-refractivity contribution in [2.45, 2.75) is 4.90 Å². The van der Waals surface area contributed by atoms with E-state index in [2.05, 4.69) is 6.58 Å². The number of amides is 1. The average molecular weight is 286 g/mol. The Kier molecular flexibility index (Phi) is 4.45. The lowest BCUT2D eigenvalue weighted by Gasteiger charge is -2.21. The van der Waals surface area contributed by atoms with Crippen molar-refractivity contribution >= 4 is 28.4 Å². The van der Waals surface area contributed by atoms with Crippen LogP contribution in [-0.2, 0) is 15.9 Å². The maximum absolute atomic E-state index is 12.0. The van der Waals surface area contributed by atoms with E-state index in [1.807, 2.05) is 18.2 Å². The van der Waals surface area contributed by atoms with E-state index >= 15 is 0 Å². The lowest BCUT2D eigenvalue weighted by Crippen LogP contribution is -2.23. The Morgan fingerprint density at radius 2 is 1.60 bits per heavy atom. The van der Waals surface area contributed by atoms with Gasteiger partial charge in [-0.05, 0) is 53.6 Å². The minimum Gasteiger partial charge on any atom is -0.768 e. The summed E-state index contributed by atoms with van der Waals surface area (Å²) in [7, 11) is 0. The summed E-state index contributed by atoms with van der Waals surface area (Å²) in [6.45, 7) is 3.49. The van der Waals surface area contributed by atoms with Gasteiger partial charge in [-0.2, -0.15) is 0 Å². The van der Waals surface area contributed by atoms with Gasteiger partial charge in [-0.25, -0.2) is 0 Å². The number of carbonyl (C=O) groups excluding carboxylic acids is 1. The van der Waals surface area contributed by atoms with E-state index in [1.165, 1.54) is 23.1 Å². The predicted molar refractivity (Wildman–Crippen MR) is 77.4 cm³/mol. The van der Waals surface area contributed by atoms with Gasteiger partial charge < -0.3 is 4.55 Å². The monoisotopic (exact) mass is 286 g/mol. The van der Waals surface area contributed by atoms with E-state index < -0.39 is 11.1 Å². The van der Waals surface area contributed by atoms with Crippen LogP contribution in [0.1, 0.15) is 0 Å². The second-order valence-electron chi connectivity index (χ2n) is 3.94. The van der Waals surface area contributed by atoms with Crippen LogP contribution in [0.3, 0.4) is 0 Å². The Hall–Kier alpha value is -2.24. The number of nitrogens with zero attached hydrogens (tertiary/aromatic N) is 1. The average Bonchev–Trinajstić information content (AvgIpc) is 2.49. The highest BCUT2D eigenvalue weighted by Crippen LogP contribution is 2.26. The van der Waals surface area contributed by atoms with Crippen LogP contribution < -0.4 is 4.90 Å². The number of para-hydroxylation sites is 1. The number of hydrogen-bond acceptors (Lipinski definition) is 3. The van der Waals surface area contributed by atoms with Crippen LogP contribution in [0.25, 0.3) is 0 Å². The molecule has 1 amide bonds. The molecule has 1 unspecified atom stereocenters. The van der Waals surface area contributed by atoms with E-state index in [9.17, 15) is 13.6 Å². The summed E-state index contributed by atoms with van der Waals surface area (Å²) in [5.41, 5.74) is 1.27. The summed E-state index contributed by atoms with van der Waals surface area (Å²) >= 11 is -2.28. The van der Waals surface area contributed by atoms with Gasteiger partial charge in [0.2, 0.25) is 0 Å². The summed E-state index contributed by atoms with van der Waals surface area (Å²) in [6.07, 6.45) is 1.21. The number of rotatable bonds is 4. The van der Waals surface area contributed by atoms with Gasteiger partial charge in [0.15, 0.2) is 0 Å². The molecule has 0 fully saturated rings. The number of benzene rings is 2. The molecular formula is C15H12NO3S-. The highest BCUT2D eigenvalue weighted by molar-refractivity contribution is 7.79. The van der Waals surface area contributed by atoms with E-state index in [-0.39, 0.29) is 10.8 Å². The van der Waals surface area contributed by atoms with Gasteiger partial charge in [-0.1, -0.05) is 24.8 Å². The molecule has 0 aliphatic carbocycles. The minimum absolute atomic E-state index is 0.174. The fourth-order valence-electron chi connectivity index (χ4n) is 1.78. The van der Waals surface area contributed by atoms with Crippen molar-refractivity contribution in [1.82, 2.24) is 0 Å². The van der Waals surface area contributed by atoms with Crippen molar-refractivity contribution in [3.05, 3.63) is 67.3 Å². The molecule has 0 radical (unpaired) electrons. The third kappa shape index (κ3) is 3.01. The largest absolute Gasteiger partial charge is 0.768 e.